The van der Waals surface area contributed by atoms with Gasteiger partial charge >= 0.3 is 0 Å². The summed E-state index contributed by atoms with van der Waals surface area (Å²) in [6.45, 7) is 14.1. The average molecular weight is 344 g/mol. The highest BCUT2D eigenvalue weighted by Gasteiger charge is 2.27. The fourth-order valence-electron chi connectivity index (χ4n) is 4.34. The number of benzene rings is 1. The first-order valence-electron chi connectivity index (χ1n) is 10.4. The Morgan fingerprint density at radius 3 is 2.20 bits per heavy atom. The quantitative estimate of drug-likeness (QED) is 0.871. The van der Waals surface area contributed by atoms with Crippen LogP contribution in [-0.2, 0) is 0 Å². The third-order valence-electron chi connectivity index (χ3n) is 5.96. The summed E-state index contributed by atoms with van der Waals surface area (Å²) in [5, 5.41) is 3.60. The summed E-state index contributed by atoms with van der Waals surface area (Å²) in [5.74, 6) is 0.609. The van der Waals surface area contributed by atoms with E-state index >= 15 is 0 Å². The summed E-state index contributed by atoms with van der Waals surface area (Å²) in [6.07, 6.45) is 5.57. The molecule has 2 atom stereocenters. The van der Waals surface area contributed by atoms with Crippen LogP contribution in [0.4, 0.5) is 0 Å². The lowest BCUT2D eigenvalue weighted by Gasteiger charge is -2.40. The van der Waals surface area contributed by atoms with Crippen molar-refractivity contribution in [3.63, 3.8) is 0 Å². The molecule has 1 N–H and O–H groups in total. The first-order chi connectivity index (χ1) is 12.1. The maximum Gasteiger partial charge on any atom is 0.0476 e. The van der Waals surface area contributed by atoms with E-state index in [2.05, 4.69) is 60.2 Å². The fourth-order valence-corrected chi connectivity index (χ4v) is 4.34. The molecule has 2 unspecified atom stereocenters. The molecule has 0 amide bonds. The zero-order valence-electron chi connectivity index (χ0n) is 16.5. The third-order valence-corrected chi connectivity index (χ3v) is 5.96. The molecule has 140 valence electrons. The van der Waals surface area contributed by atoms with Gasteiger partial charge in [-0.05, 0) is 49.9 Å². The number of likely N-dealkylation sites (tertiary alicyclic amines) is 1. The van der Waals surface area contributed by atoms with Crippen molar-refractivity contribution in [1.29, 1.82) is 0 Å². The fraction of sp³-hybridized carbons (Fsp3) is 0.727. The van der Waals surface area contributed by atoms with Crippen molar-refractivity contribution in [2.24, 2.45) is 0 Å². The molecule has 0 saturated carbocycles. The molecule has 0 aromatic heterocycles. The van der Waals surface area contributed by atoms with Crippen LogP contribution >= 0.6 is 0 Å². The molecule has 0 bridgehead atoms. The largest absolute Gasteiger partial charge is 0.312 e. The number of hydrogen-bond donors (Lipinski definition) is 1. The molecular formula is C22H37N3. The highest BCUT2D eigenvalue weighted by Crippen LogP contribution is 2.26. The molecule has 2 heterocycles. The van der Waals surface area contributed by atoms with Gasteiger partial charge in [-0.3, -0.25) is 4.90 Å². The number of nitrogens with zero attached hydrogens (tertiary/aromatic N) is 2. The molecule has 0 aliphatic carbocycles. The average Bonchev–Trinajstić information content (AvgIpc) is 2.88. The summed E-state index contributed by atoms with van der Waals surface area (Å²) < 4.78 is 0. The van der Waals surface area contributed by atoms with Crippen LogP contribution in [0.15, 0.2) is 24.3 Å². The Hall–Kier alpha value is -0.900. The normalized spacial score (nSPS) is 25.0. The van der Waals surface area contributed by atoms with Gasteiger partial charge in [-0.15, -0.1) is 0 Å². The SMILES string of the molecule is CC1CN(C(CN2CCCCCC2)c2ccc(C(C)C)cc2)CCN1. The van der Waals surface area contributed by atoms with Gasteiger partial charge in [0.1, 0.15) is 0 Å². The summed E-state index contributed by atoms with van der Waals surface area (Å²) >= 11 is 0. The van der Waals surface area contributed by atoms with Gasteiger partial charge in [0.15, 0.2) is 0 Å². The van der Waals surface area contributed by atoms with Gasteiger partial charge in [-0.2, -0.15) is 0 Å². The van der Waals surface area contributed by atoms with Crippen LogP contribution in [0.5, 0.6) is 0 Å². The maximum absolute atomic E-state index is 3.60. The van der Waals surface area contributed by atoms with Gasteiger partial charge in [-0.25, -0.2) is 0 Å². The Kier molecular flexibility index (Phi) is 6.92. The third kappa shape index (κ3) is 5.29. The van der Waals surface area contributed by atoms with Crippen molar-refractivity contribution in [3.05, 3.63) is 35.4 Å². The van der Waals surface area contributed by atoms with Gasteiger partial charge in [0, 0.05) is 38.3 Å². The molecule has 2 aliphatic rings. The minimum absolute atomic E-state index is 0.531. The lowest BCUT2D eigenvalue weighted by molar-refractivity contribution is 0.110. The molecule has 0 spiro atoms. The predicted octanol–water partition coefficient (Wildman–Crippen LogP) is 4.02. The van der Waals surface area contributed by atoms with E-state index < -0.39 is 0 Å². The van der Waals surface area contributed by atoms with Gasteiger partial charge < -0.3 is 10.2 Å². The number of rotatable bonds is 5. The Morgan fingerprint density at radius 2 is 1.60 bits per heavy atom. The molecule has 3 heteroatoms. The van der Waals surface area contributed by atoms with E-state index in [0.717, 1.165) is 19.6 Å². The Balaban J connectivity index is 1.77. The maximum atomic E-state index is 3.60. The second kappa shape index (κ2) is 9.16. The number of piperazine rings is 1. The molecule has 0 radical (unpaired) electrons. The van der Waals surface area contributed by atoms with Crippen LogP contribution in [0.1, 0.15) is 69.5 Å². The van der Waals surface area contributed by atoms with E-state index in [1.54, 1.807) is 0 Å². The highest BCUT2D eigenvalue weighted by atomic mass is 15.3. The van der Waals surface area contributed by atoms with Crippen molar-refractivity contribution in [2.45, 2.75) is 64.5 Å². The van der Waals surface area contributed by atoms with Crippen molar-refractivity contribution in [2.75, 3.05) is 39.3 Å². The first kappa shape index (κ1) is 18.9. The molecule has 1 aromatic rings. The number of hydrogen-bond acceptors (Lipinski definition) is 3. The smallest absolute Gasteiger partial charge is 0.0476 e. The summed E-state index contributed by atoms with van der Waals surface area (Å²) in [4.78, 5) is 5.44. The van der Waals surface area contributed by atoms with Crippen molar-refractivity contribution >= 4 is 0 Å². The Morgan fingerprint density at radius 1 is 0.960 bits per heavy atom. The molecule has 25 heavy (non-hydrogen) atoms. The van der Waals surface area contributed by atoms with E-state index in [4.69, 9.17) is 0 Å². The van der Waals surface area contributed by atoms with Crippen molar-refractivity contribution < 1.29 is 0 Å². The van der Waals surface area contributed by atoms with Crippen LogP contribution in [0, 0.1) is 0 Å². The minimum Gasteiger partial charge on any atom is -0.312 e. The minimum atomic E-state index is 0.531. The molecule has 3 rings (SSSR count). The standard InChI is InChI=1S/C22H37N3/c1-18(2)20-8-10-21(11-9-20)22(25-15-12-23-19(3)16-25)17-24-13-6-4-5-7-14-24/h8-11,18-19,22-23H,4-7,12-17H2,1-3H3. The zero-order valence-corrected chi connectivity index (χ0v) is 16.5. The van der Waals surface area contributed by atoms with Crippen LogP contribution < -0.4 is 5.32 Å². The summed E-state index contributed by atoms with van der Waals surface area (Å²) in [5.41, 5.74) is 2.95. The predicted molar refractivity (Wildman–Crippen MR) is 107 cm³/mol. The van der Waals surface area contributed by atoms with Crippen LogP contribution in [-0.4, -0.2) is 55.1 Å². The van der Waals surface area contributed by atoms with Gasteiger partial charge in [0.25, 0.3) is 0 Å². The van der Waals surface area contributed by atoms with E-state index in [0.29, 0.717) is 18.0 Å². The van der Waals surface area contributed by atoms with Crippen LogP contribution in [0.25, 0.3) is 0 Å². The molecular weight excluding hydrogens is 306 g/mol. The second-order valence-corrected chi connectivity index (χ2v) is 8.40. The molecule has 2 fully saturated rings. The van der Waals surface area contributed by atoms with E-state index in [1.807, 2.05) is 0 Å². The zero-order chi connectivity index (χ0) is 17.6. The monoisotopic (exact) mass is 343 g/mol. The van der Waals surface area contributed by atoms with Crippen LogP contribution in [0.3, 0.4) is 0 Å². The van der Waals surface area contributed by atoms with E-state index in [-0.39, 0.29) is 0 Å². The highest BCUT2D eigenvalue weighted by molar-refractivity contribution is 5.27. The van der Waals surface area contributed by atoms with Crippen molar-refractivity contribution in [1.82, 2.24) is 15.1 Å². The molecule has 1 aromatic carbocycles. The van der Waals surface area contributed by atoms with Crippen molar-refractivity contribution in [3.8, 4) is 0 Å². The van der Waals surface area contributed by atoms with Gasteiger partial charge in [-0.1, -0.05) is 51.0 Å². The lowest BCUT2D eigenvalue weighted by Crippen LogP contribution is -2.52. The topological polar surface area (TPSA) is 18.5 Å². The van der Waals surface area contributed by atoms with E-state index in [1.165, 1.54) is 56.4 Å². The molecule has 3 nitrogen and oxygen atoms in total. The van der Waals surface area contributed by atoms with Gasteiger partial charge in [0.05, 0.1) is 0 Å². The van der Waals surface area contributed by atoms with Crippen LogP contribution in [0.2, 0.25) is 0 Å². The molecule has 2 aliphatic heterocycles. The second-order valence-electron chi connectivity index (χ2n) is 8.40. The van der Waals surface area contributed by atoms with Gasteiger partial charge in [0.2, 0.25) is 0 Å². The molecule has 2 saturated heterocycles. The Bertz CT molecular complexity index is 503. The lowest BCUT2D eigenvalue weighted by atomic mass is 9.97. The summed E-state index contributed by atoms with van der Waals surface area (Å²) in [6, 6.07) is 10.6. The Labute approximate surface area is 154 Å². The van der Waals surface area contributed by atoms with E-state index in [9.17, 15) is 0 Å². The summed E-state index contributed by atoms with van der Waals surface area (Å²) in [7, 11) is 0. The number of nitrogens with one attached hydrogen (secondary N) is 1. The first-order valence-corrected chi connectivity index (χ1v) is 10.4.